The Morgan fingerprint density at radius 2 is 2.12 bits per heavy atom. The van der Waals surface area contributed by atoms with Gasteiger partial charge < -0.3 is 9.84 Å². The third-order valence-electron chi connectivity index (χ3n) is 5.45. The summed E-state index contributed by atoms with van der Waals surface area (Å²) in [5.41, 5.74) is 2.48. The van der Waals surface area contributed by atoms with Crippen molar-refractivity contribution in [2.45, 2.75) is 18.4 Å². The van der Waals surface area contributed by atoms with Crippen molar-refractivity contribution in [3.63, 3.8) is 0 Å². The summed E-state index contributed by atoms with van der Waals surface area (Å²) < 4.78 is 6.45. The summed E-state index contributed by atoms with van der Waals surface area (Å²) in [4.78, 5) is 20.6. The Hall–Kier alpha value is -3.73. The maximum absolute atomic E-state index is 12.2. The van der Waals surface area contributed by atoms with Gasteiger partial charge in [0.1, 0.15) is 5.15 Å². The molecular weight excluding hydrogens is 428 g/mol. The van der Waals surface area contributed by atoms with Gasteiger partial charge in [-0.25, -0.2) is 14.5 Å². The minimum Gasteiger partial charge on any atom is -0.464 e. The molecule has 1 aromatic carbocycles. The van der Waals surface area contributed by atoms with E-state index in [-0.39, 0.29) is 10.8 Å². The number of benzene rings is 1. The maximum Gasteiger partial charge on any atom is 0.359 e. The Bertz CT molecular complexity index is 1440. The van der Waals surface area contributed by atoms with E-state index < -0.39 is 11.6 Å². The molecule has 1 atom stereocenters. The molecule has 0 spiro atoms. The molecular formula is C24H17ClN4O3. The molecule has 7 nitrogen and oxygen atoms in total. The third-order valence-corrected chi connectivity index (χ3v) is 5.66. The van der Waals surface area contributed by atoms with Crippen LogP contribution in [0.15, 0.2) is 54.9 Å². The van der Waals surface area contributed by atoms with Gasteiger partial charge in [0, 0.05) is 24.0 Å². The smallest absolute Gasteiger partial charge is 0.359 e. The van der Waals surface area contributed by atoms with E-state index in [0.29, 0.717) is 34.3 Å². The van der Waals surface area contributed by atoms with Crippen molar-refractivity contribution >= 4 is 28.5 Å². The van der Waals surface area contributed by atoms with E-state index in [1.807, 2.05) is 36.4 Å². The molecule has 0 saturated heterocycles. The van der Waals surface area contributed by atoms with E-state index in [4.69, 9.17) is 16.3 Å². The number of halogens is 1. The summed E-state index contributed by atoms with van der Waals surface area (Å²) in [6, 6.07) is 12.8. The van der Waals surface area contributed by atoms with Crippen LogP contribution < -0.4 is 0 Å². The second kappa shape index (κ2) is 7.75. The molecule has 3 aromatic heterocycles. The van der Waals surface area contributed by atoms with Crippen LogP contribution in [0.3, 0.4) is 0 Å². The summed E-state index contributed by atoms with van der Waals surface area (Å²) in [5.74, 6) is 5.50. The predicted molar refractivity (Wildman–Crippen MR) is 119 cm³/mol. The second-order valence-corrected chi connectivity index (χ2v) is 7.84. The minimum atomic E-state index is -1.28. The zero-order valence-electron chi connectivity index (χ0n) is 17.0. The van der Waals surface area contributed by atoms with E-state index in [9.17, 15) is 9.90 Å². The van der Waals surface area contributed by atoms with E-state index >= 15 is 0 Å². The zero-order valence-corrected chi connectivity index (χ0v) is 17.8. The normalized spacial score (nSPS) is 17.0. The highest BCUT2D eigenvalue weighted by atomic mass is 35.5. The summed E-state index contributed by atoms with van der Waals surface area (Å²) in [5, 5.41) is 16.3. The fourth-order valence-corrected chi connectivity index (χ4v) is 4.04. The average molecular weight is 445 g/mol. The minimum absolute atomic E-state index is 0.145. The highest BCUT2D eigenvalue weighted by Crippen LogP contribution is 2.34. The highest BCUT2D eigenvalue weighted by molar-refractivity contribution is 6.30. The van der Waals surface area contributed by atoms with Gasteiger partial charge in [0.05, 0.1) is 29.4 Å². The molecule has 32 heavy (non-hydrogen) atoms. The Kier molecular flexibility index (Phi) is 4.89. The lowest BCUT2D eigenvalue weighted by atomic mass is 10.0. The molecule has 1 aliphatic rings. The fourth-order valence-electron chi connectivity index (χ4n) is 3.89. The van der Waals surface area contributed by atoms with E-state index in [2.05, 4.69) is 26.9 Å². The first-order chi connectivity index (χ1) is 15.5. The Morgan fingerprint density at radius 1 is 1.25 bits per heavy atom. The van der Waals surface area contributed by atoms with Gasteiger partial charge in [-0.3, -0.25) is 4.98 Å². The number of aliphatic hydroxyl groups is 1. The number of aromatic nitrogens is 4. The lowest BCUT2D eigenvalue weighted by Gasteiger charge is -2.15. The van der Waals surface area contributed by atoms with Gasteiger partial charge in [0.2, 0.25) is 0 Å². The molecule has 4 aromatic rings. The molecule has 1 unspecified atom stereocenters. The van der Waals surface area contributed by atoms with Gasteiger partial charge in [-0.15, -0.1) is 0 Å². The molecule has 0 saturated carbocycles. The lowest BCUT2D eigenvalue weighted by molar-refractivity contribution is 0.0595. The topological polar surface area (TPSA) is 90.1 Å². The van der Waals surface area contributed by atoms with Crippen LogP contribution in [0, 0.1) is 11.8 Å². The molecule has 0 radical (unpaired) electrons. The van der Waals surface area contributed by atoms with Crippen LogP contribution in [0.5, 0.6) is 0 Å². The van der Waals surface area contributed by atoms with Gasteiger partial charge in [-0.1, -0.05) is 35.6 Å². The number of esters is 1. The standard InChI is InChI=1S/C24H17ClN4O3/c1-32-23(30)21-18-14-27-20(25)13-19(18)29(28-21)17-6-2-4-15(12-17)7-9-24(31)10-8-16-5-3-11-26-22(16)24/h2-6,11-14,31H,8,10H2,1H3. The first kappa shape index (κ1) is 20.2. The third kappa shape index (κ3) is 3.40. The number of hydrogen-bond acceptors (Lipinski definition) is 6. The number of hydrogen-bond donors (Lipinski definition) is 1. The number of ether oxygens (including phenoxy) is 1. The number of rotatable bonds is 2. The summed E-state index contributed by atoms with van der Waals surface area (Å²) in [6.07, 6.45) is 4.40. The summed E-state index contributed by atoms with van der Waals surface area (Å²) >= 11 is 6.09. The zero-order chi connectivity index (χ0) is 22.3. The van der Waals surface area contributed by atoms with Gasteiger partial charge in [0.25, 0.3) is 0 Å². The van der Waals surface area contributed by atoms with Gasteiger partial charge in [0.15, 0.2) is 11.3 Å². The van der Waals surface area contributed by atoms with E-state index in [1.54, 1.807) is 16.9 Å². The Morgan fingerprint density at radius 3 is 2.97 bits per heavy atom. The SMILES string of the molecule is COC(=O)c1nn(-c2cccc(C#CC3(O)CCc4cccnc43)c2)c2cc(Cl)ncc12. The van der Waals surface area contributed by atoms with Gasteiger partial charge >= 0.3 is 5.97 Å². The van der Waals surface area contributed by atoms with Crippen molar-refractivity contribution in [1.82, 2.24) is 19.7 Å². The molecule has 8 heteroatoms. The molecule has 1 aliphatic carbocycles. The number of aryl methyl sites for hydroxylation is 1. The first-order valence-electron chi connectivity index (χ1n) is 9.91. The summed E-state index contributed by atoms with van der Waals surface area (Å²) in [6.45, 7) is 0. The van der Waals surface area contributed by atoms with Crippen molar-refractivity contribution in [2.75, 3.05) is 7.11 Å². The van der Waals surface area contributed by atoms with Crippen LogP contribution in [-0.2, 0) is 16.8 Å². The molecule has 3 heterocycles. The van der Waals surface area contributed by atoms with Gasteiger partial charge in [-0.2, -0.15) is 5.10 Å². The number of carbonyl (C=O) groups excluding carboxylic acids is 1. The summed E-state index contributed by atoms with van der Waals surface area (Å²) in [7, 11) is 1.30. The Labute approximate surface area is 188 Å². The average Bonchev–Trinajstić information content (AvgIpc) is 3.36. The second-order valence-electron chi connectivity index (χ2n) is 7.45. The number of carbonyl (C=O) groups is 1. The van der Waals surface area contributed by atoms with Crippen LogP contribution in [0.25, 0.3) is 16.6 Å². The van der Waals surface area contributed by atoms with E-state index in [1.165, 1.54) is 13.3 Å². The largest absolute Gasteiger partial charge is 0.464 e. The fraction of sp³-hybridized carbons (Fsp3) is 0.167. The molecule has 5 rings (SSSR count). The Balaban J connectivity index is 1.57. The van der Waals surface area contributed by atoms with Gasteiger partial charge in [-0.05, 0) is 42.7 Å². The van der Waals surface area contributed by atoms with Crippen molar-refractivity contribution in [3.8, 4) is 17.5 Å². The molecule has 0 bridgehead atoms. The van der Waals surface area contributed by atoms with Crippen LogP contribution in [0.4, 0.5) is 0 Å². The molecule has 0 fully saturated rings. The first-order valence-corrected chi connectivity index (χ1v) is 10.3. The van der Waals surface area contributed by atoms with Crippen LogP contribution in [0.2, 0.25) is 5.15 Å². The highest BCUT2D eigenvalue weighted by Gasteiger charge is 2.36. The van der Waals surface area contributed by atoms with Crippen LogP contribution in [-0.4, -0.2) is 37.9 Å². The molecule has 1 N–H and O–H groups in total. The predicted octanol–water partition coefficient (Wildman–Crippen LogP) is 3.44. The monoisotopic (exact) mass is 444 g/mol. The van der Waals surface area contributed by atoms with Crippen LogP contribution in [0.1, 0.15) is 33.7 Å². The van der Waals surface area contributed by atoms with Crippen molar-refractivity contribution in [2.24, 2.45) is 0 Å². The molecule has 0 aliphatic heterocycles. The van der Waals surface area contributed by atoms with Crippen LogP contribution >= 0.6 is 11.6 Å². The molecule has 158 valence electrons. The van der Waals surface area contributed by atoms with Crippen molar-refractivity contribution < 1.29 is 14.6 Å². The van der Waals surface area contributed by atoms with Crippen molar-refractivity contribution in [1.29, 1.82) is 0 Å². The number of nitrogens with zero attached hydrogens (tertiary/aromatic N) is 4. The van der Waals surface area contributed by atoms with Crippen molar-refractivity contribution in [3.05, 3.63) is 82.5 Å². The number of methoxy groups -OCH3 is 1. The lowest BCUT2D eigenvalue weighted by Crippen LogP contribution is -2.20. The number of fused-ring (bicyclic) bond motifs is 2. The van der Waals surface area contributed by atoms with E-state index in [0.717, 1.165) is 12.0 Å². The number of pyridine rings is 2. The maximum atomic E-state index is 12.2. The quantitative estimate of drug-likeness (QED) is 0.289. The molecule has 0 amide bonds.